The molecule has 0 spiro atoms. The molecule has 1 aliphatic rings. The topological polar surface area (TPSA) is 64.2 Å². The maximum atomic E-state index is 11.8. The number of hydrogen-bond acceptors (Lipinski definition) is 4. The number of pyridine rings is 1. The van der Waals surface area contributed by atoms with Crippen molar-refractivity contribution in [2.45, 2.75) is 31.6 Å². The molecule has 0 aliphatic heterocycles. The van der Waals surface area contributed by atoms with Gasteiger partial charge in [0.25, 0.3) is 0 Å². The first-order valence-electron chi connectivity index (χ1n) is 8.88. The van der Waals surface area contributed by atoms with Crippen LogP contribution < -0.4 is 4.74 Å². The Morgan fingerprint density at radius 3 is 2.74 bits per heavy atom. The first-order valence-corrected chi connectivity index (χ1v) is 9.26. The molecule has 1 aliphatic carbocycles. The molecule has 4 rings (SSSR count). The number of H-pyrrole nitrogens is 1. The highest BCUT2D eigenvalue weighted by Crippen LogP contribution is 2.50. The van der Waals surface area contributed by atoms with Crippen LogP contribution in [0.2, 0.25) is 5.02 Å². The van der Waals surface area contributed by atoms with E-state index < -0.39 is 5.97 Å². The number of hydrogen-bond donors (Lipinski definition) is 1. The highest BCUT2D eigenvalue weighted by molar-refractivity contribution is 6.32. The minimum atomic E-state index is -0.432. The summed E-state index contributed by atoms with van der Waals surface area (Å²) in [5, 5.41) is 1.64. The number of benzene rings is 1. The molecule has 3 aromatic rings. The zero-order valence-corrected chi connectivity index (χ0v) is 16.3. The van der Waals surface area contributed by atoms with E-state index in [1.54, 1.807) is 13.2 Å². The lowest BCUT2D eigenvalue weighted by Gasteiger charge is -2.11. The molecule has 1 fully saturated rings. The SMILES string of the molecule is COC(=O)c1cccc(Cc2c(C3(C)CC3)[nH]c3cc(OC)c(Cl)cc23)n1. The fraction of sp³-hybridized carbons (Fsp3) is 0.333. The lowest BCUT2D eigenvalue weighted by Crippen LogP contribution is -2.08. The predicted molar refractivity (Wildman–Crippen MR) is 105 cm³/mol. The van der Waals surface area contributed by atoms with E-state index >= 15 is 0 Å². The van der Waals surface area contributed by atoms with E-state index in [1.807, 2.05) is 24.3 Å². The Balaban J connectivity index is 1.83. The van der Waals surface area contributed by atoms with E-state index in [0.717, 1.165) is 29.4 Å². The molecule has 27 heavy (non-hydrogen) atoms. The second kappa shape index (κ2) is 6.57. The van der Waals surface area contributed by atoms with Gasteiger partial charge in [-0.1, -0.05) is 24.6 Å². The Morgan fingerprint density at radius 1 is 1.30 bits per heavy atom. The van der Waals surface area contributed by atoms with Crippen LogP contribution in [0.3, 0.4) is 0 Å². The molecule has 0 atom stereocenters. The average molecular weight is 385 g/mol. The summed E-state index contributed by atoms with van der Waals surface area (Å²) in [4.78, 5) is 19.9. The maximum Gasteiger partial charge on any atom is 0.356 e. The molecule has 6 heteroatoms. The Bertz CT molecular complexity index is 1040. The Labute approximate surface area is 162 Å². The van der Waals surface area contributed by atoms with Crippen molar-refractivity contribution in [2.24, 2.45) is 0 Å². The van der Waals surface area contributed by atoms with Gasteiger partial charge >= 0.3 is 5.97 Å². The second-order valence-electron chi connectivity index (χ2n) is 7.25. The van der Waals surface area contributed by atoms with Gasteiger partial charge in [0.15, 0.2) is 0 Å². The highest BCUT2D eigenvalue weighted by Gasteiger charge is 2.42. The molecule has 0 bridgehead atoms. The highest BCUT2D eigenvalue weighted by atomic mass is 35.5. The summed E-state index contributed by atoms with van der Waals surface area (Å²) >= 11 is 6.39. The van der Waals surface area contributed by atoms with E-state index in [2.05, 4.69) is 16.9 Å². The lowest BCUT2D eigenvalue weighted by molar-refractivity contribution is 0.0593. The number of fused-ring (bicyclic) bond motifs is 1. The number of rotatable bonds is 5. The number of nitrogens with zero attached hydrogens (tertiary/aromatic N) is 1. The Morgan fingerprint density at radius 2 is 2.07 bits per heavy atom. The van der Waals surface area contributed by atoms with Crippen molar-refractivity contribution < 1.29 is 14.3 Å². The summed E-state index contributed by atoms with van der Waals surface area (Å²) < 4.78 is 10.1. The van der Waals surface area contributed by atoms with E-state index in [0.29, 0.717) is 22.9 Å². The van der Waals surface area contributed by atoms with Gasteiger partial charge in [-0.2, -0.15) is 0 Å². The largest absolute Gasteiger partial charge is 0.495 e. The molecule has 140 valence electrons. The Kier molecular flexibility index (Phi) is 4.35. The molecular weight excluding hydrogens is 364 g/mol. The summed E-state index contributed by atoms with van der Waals surface area (Å²) in [5.74, 6) is 0.216. The van der Waals surface area contributed by atoms with Crippen LogP contribution in [-0.2, 0) is 16.6 Å². The van der Waals surface area contributed by atoms with Crippen molar-refractivity contribution in [3.63, 3.8) is 0 Å². The van der Waals surface area contributed by atoms with Crippen molar-refractivity contribution in [1.29, 1.82) is 0 Å². The van der Waals surface area contributed by atoms with Gasteiger partial charge in [0.05, 0.1) is 19.2 Å². The molecular formula is C21H21ClN2O3. The number of halogens is 1. The summed E-state index contributed by atoms with van der Waals surface area (Å²) in [5.41, 5.74) is 4.66. The fourth-order valence-corrected chi connectivity index (χ4v) is 3.76. The number of ether oxygens (including phenoxy) is 2. The van der Waals surface area contributed by atoms with Gasteiger partial charge in [0.1, 0.15) is 11.4 Å². The first kappa shape index (κ1) is 17.9. The van der Waals surface area contributed by atoms with Crippen LogP contribution in [0.4, 0.5) is 0 Å². The zero-order chi connectivity index (χ0) is 19.2. The predicted octanol–water partition coefficient (Wildman–Crippen LogP) is 4.65. The molecule has 0 saturated heterocycles. The second-order valence-corrected chi connectivity index (χ2v) is 7.66. The minimum Gasteiger partial charge on any atom is -0.495 e. The monoisotopic (exact) mass is 384 g/mol. The van der Waals surface area contributed by atoms with E-state index in [1.165, 1.54) is 18.4 Å². The fourth-order valence-electron chi connectivity index (χ4n) is 3.52. The number of carbonyl (C=O) groups is 1. The van der Waals surface area contributed by atoms with Crippen molar-refractivity contribution >= 4 is 28.5 Å². The molecule has 1 saturated carbocycles. The summed E-state index contributed by atoms with van der Waals surface area (Å²) in [6.45, 7) is 2.26. The average Bonchev–Trinajstić information content (AvgIpc) is 3.33. The third-order valence-corrected chi connectivity index (χ3v) is 5.64. The standard InChI is InChI=1S/C21H21ClN2O3/c1-21(7-8-21)19-14(9-12-5-4-6-16(23-12)20(25)27-3)13-10-15(22)18(26-2)11-17(13)24-19/h4-6,10-11,24H,7-9H2,1-3H3. The van der Waals surface area contributed by atoms with Gasteiger partial charge in [0.2, 0.25) is 0 Å². The number of esters is 1. The van der Waals surface area contributed by atoms with Crippen LogP contribution in [0.1, 0.15) is 47.2 Å². The van der Waals surface area contributed by atoms with Gasteiger partial charge in [-0.3, -0.25) is 0 Å². The number of methoxy groups -OCH3 is 2. The van der Waals surface area contributed by atoms with Crippen molar-refractivity contribution in [2.75, 3.05) is 14.2 Å². The van der Waals surface area contributed by atoms with Gasteiger partial charge in [-0.15, -0.1) is 0 Å². The van der Waals surface area contributed by atoms with Crippen LogP contribution in [0, 0.1) is 0 Å². The number of aromatic amines is 1. The molecule has 5 nitrogen and oxygen atoms in total. The minimum absolute atomic E-state index is 0.147. The molecule has 0 amide bonds. The normalized spacial score (nSPS) is 15.0. The molecule has 2 heterocycles. The van der Waals surface area contributed by atoms with Crippen molar-refractivity contribution in [3.05, 3.63) is 58.0 Å². The quantitative estimate of drug-likeness (QED) is 0.650. The summed E-state index contributed by atoms with van der Waals surface area (Å²) in [6.07, 6.45) is 2.90. The lowest BCUT2D eigenvalue weighted by atomic mass is 9.96. The Hall–Kier alpha value is -2.53. The van der Waals surface area contributed by atoms with Crippen LogP contribution >= 0.6 is 11.6 Å². The van der Waals surface area contributed by atoms with Gasteiger partial charge in [-0.05, 0) is 36.6 Å². The third-order valence-electron chi connectivity index (χ3n) is 5.34. The molecule has 0 unspecified atom stereocenters. The van der Waals surface area contributed by atoms with E-state index in [-0.39, 0.29) is 5.41 Å². The van der Waals surface area contributed by atoms with E-state index in [4.69, 9.17) is 21.1 Å². The zero-order valence-electron chi connectivity index (χ0n) is 15.6. The van der Waals surface area contributed by atoms with Gasteiger partial charge < -0.3 is 14.5 Å². The molecule has 1 N–H and O–H groups in total. The maximum absolute atomic E-state index is 11.8. The van der Waals surface area contributed by atoms with Crippen LogP contribution in [0.25, 0.3) is 10.9 Å². The van der Waals surface area contributed by atoms with Crippen molar-refractivity contribution in [3.8, 4) is 5.75 Å². The molecule has 1 aromatic carbocycles. The number of carbonyl (C=O) groups excluding carboxylic acids is 1. The summed E-state index contributed by atoms with van der Waals surface area (Å²) in [7, 11) is 2.97. The smallest absolute Gasteiger partial charge is 0.356 e. The number of aromatic nitrogens is 2. The molecule has 2 aromatic heterocycles. The van der Waals surface area contributed by atoms with Crippen LogP contribution in [0.15, 0.2) is 30.3 Å². The van der Waals surface area contributed by atoms with E-state index in [9.17, 15) is 4.79 Å². The third kappa shape index (κ3) is 3.16. The number of nitrogens with one attached hydrogen (secondary N) is 1. The van der Waals surface area contributed by atoms with Gasteiger partial charge in [0, 0.05) is 40.2 Å². The van der Waals surface area contributed by atoms with Gasteiger partial charge in [-0.25, -0.2) is 9.78 Å². The molecule has 0 radical (unpaired) electrons. The van der Waals surface area contributed by atoms with Crippen LogP contribution in [0.5, 0.6) is 5.75 Å². The first-order chi connectivity index (χ1) is 12.9. The van der Waals surface area contributed by atoms with Crippen molar-refractivity contribution in [1.82, 2.24) is 9.97 Å². The summed E-state index contributed by atoms with van der Waals surface area (Å²) in [6, 6.07) is 9.30. The van der Waals surface area contributed by atoms with Crippen LogP contribution in [-0.4, -0.2) is 30.2 Å².